The second-order valence-electron chi connectivity index (χ2n) is 4.44. The van der Waals surface area contributed by atoms with Gasteiger partial charge in [-0.1, -0.05) is 19.1 Å². The highest BCUT2D eigenvalue weighted by atomic mass is 16.5. The lowest BCUT2D eigenvalue weighted by atomic mass is 10.1. The van der Waals surface area contributed by atoms with Gasteiger partial charge >= 0.3 is 0 Å². The SMILES string of the molecule is CCc1ccc(OCC(=O)c2ccc(OC)cc2)cc1. The van der Waals surface area contributed by atoms with Gasteiger partial charge in [-0.25, -0.2) is 0 Å². The van der Waals surface area contributed by atoms with E-state index in [4.69, 9.17) is 9.47 Å². The molecule has 0 saturated heterocycles. The summed E-state index contributed by atoms with van der Waals surface area (Å²) in [5.41, 5.74) is 1.87. The molecule has 0 unspecified atom stereocenters. The van der Waals surface area contributed by atoms with Gasteiger partial charge in [0.25, 0.3) is 0 Å². The van der Waals surface area contributed by atoms with E-state index in [2.05, 4.69) is 6.92 Å². The van der Waals surface area contributed by atoms with Crippen LogP contribution in [-0.2, 0) is 6.42 Å². The van der Waals surface area contributed by atoms with Crippen molar-refractivity contribution >= 4 is 5.78 Å². The Hall–Kier alpha value is -2.29. The molecule has 0 aromatic heterocycles. The molecule has 3 heteroatoms. The minimum atomic E-state index is -0.0489. The molecular formula is C17H18O3. The van der Waals surface area contributed by atoms with Crippen LogP contribution in [-0.4, -0.2) is 19.5 Å². The van der Waals surface area contributed by atoms with E-state index in [0.717, 1.165) is 12.2 Å². The number of ketones is 1. The number of carbonyl (C=O) groups excluding carboxylic acids is 1. The maximum Gasteiger partial charge on any atom is 0.200 e. The molecule has 2 aromatic carbocycles. The van der Waals surface area contributed by atoms with Gasteiger partial charge in [0.2, 0.25) is 0 Å². The highest BCUT2D eigenvalue weighted by molar-refractivity contribution is 5.97. The molecule has 20 heavy (non-hydrogen) atoms. The molecule has 0 aliphatic rings. The summed E-state index contributed by atoms with van der Waals surface area (Å²) in [7, 11) is 1.60. The summed E-state index contributed by atoms with van der Waals surface area (Å²) in [6.45, 7) is 2.14. The summed E-state index contributed by atoms with van der Waals surface area (Å²) in [6.07, 6.45) is 0.991. The molecule has 0 atom stereocenters. The smallest absolute Gasteiger partial charge is 0.200 e. The van der Waals surface area contributed by atoms with Crippen LogP contribution >= 0.6 is 0 Å². The van der Waals surface area contributed by atoms with Crippen LogP contribution in [0.1, 0.15) is 22.8 Å². The molecular weight excluding hydrogens is 252 g/mol. The van der Waals surface area contributed by atoms with Crippen molar-refractivity contribution in [3.63, 3.8) is 0 Å². The molecule has 0 spiro atoms. The summed E-state index contributed by atoms with van der Waals surface area (Å²) in [5.74, 6) is 1.40. The van der Waals surface area contributed by atoms with Crippen LogP contribution < -0.4 is 9.47 Å². The quantitative estimate of drug-likeness (QED) is 0.753. The highest BCUT2D eigenvalue weighted by Gasteiger charge is 2.07. The second-order valence-corrected chi connectivity index (χ2v) is 4.44. The van der Waals surface area contributed by atoms with Crippen LogP contribution in [0.3, 0.4) is 0 Å². The predicted molar refractivity (Wildman–Crippen MR) is 78.6 cm³/mol. The van der Waals surface area contributed by atoms with Gasteiger partial charge in [0.1, 0.15) is 11.5 Å². The topological polar surface area (TPSA) is 35.5 Å². The van der Waals surface area contributed by atoms with Crippen molar-refractivity contribution < 1.29 is 14.3 Å². The number of hydrogen-bond donors (Lipinski definition) is 0. The van der Waals surface area contributed by atoms with E-state index in [0.29, 0.717) is 11.3 Å². The number of Topliss-reactive ketones (excluding diaryl/α,β-unsaturated/α-hetero) is 1. The summed E-state index contributed by atoms with van der Waals surface area (Å²) < 4.78 is 10.6. The third-order valence-electron chi connectivity index (χ3n) is 3.11. The van der Waals surface area contributed by atoms with Crippen LogP contribution in [0.25, 0.3) is 0 Å². The Morgan fingerprint density at radius 1 is 0.950 bits per heavy atom. The van der Waals surface area contributed by atoms with E-state index in [1.807, 2.05) is 24.3 Å². The second kappa shape index (κ2) is 6.75. The first-order chi connectivity index (χ1) is 9.72. The van der Waals surface area contributed by atoms with E-state index in [1.165, 1.54) is 5.56 Å². The summed E-state index contributed by atoms with van der Waals surface area (Å²) in [5, 5.41) is 0. The van der Waals surface area contributed by atoms with Crippen molar-refractivity contribution in [1.82, 2.24) is 0 Å². The molecule has 0 bridgehead atoms. The predicted octanol–water partition coefficient (Wildman–Crippen LogP) is 3.52. The lowest BCUT2D eigenvalue weighted by Crippen LogP contribution is -2.11. The largest absolute Gasteiger partial charge is 0.497 e. The molecule has 0 radical (unpaired) electrons. The maximum absolute atomic E-state index is 12.0. The number of methoxy groups -OCH3 is 1. The van der Waals surface area contributed by atoms with Crippen LogP contribution in [0.5, 0.6) is 11.5 Å². The van der Waals surface area contributed by atoms with E-state index in [1.54, 1.807) is 31.4 Å². The fourth-order valence-corrected chi connectivity index (χ4v) is 1.83. The first-order valence-corrected chi connectivity index (χ1v) is 6.62. The minimum absolute atomic E-state index is 0.0395. The van der Waals surface area contributed by atoms with E-state index in [-0.39, 0.29) is 12.4 Å². The van der Waals surface area contributed by atoms with Gasteiger partial charge in [-0.05, 0) is 48.4 Å². The number of ether oxygens (including phenoxy) is 2. The number of rotatable bonds is 6. The monoisotopic (exact) mass is 270 g/mol. The van der Waals surface area contributed by atoms with Gasteiger partial charge in [-0.2, -0.15) is 0 Å². The Balaban J connectivity index is 1.93. The van der Waals surface area contributed by atoms with Gasteiger partial charge in [-0.15, -0.1) is 0 Å². The van der Waals surface area contributed by atoms with Crippen molar-refractivity contribution in [3.8, 4) is 11.5 Å². The molecule has 0 heterocycles. The average Bonchev–Trinajstić information content (AvgIpc) is 2.53. The van der Waals surface area contributed by atoms with Crippen molar-refractivity contribution in [1.29, 1.82) is 0 Å². The molecule has 0 saturated carbocycles. The Labute approximate surface area is 119 Å². The third-order valence-corrected chi connectivity index (χ3v) is 3.11. The minimum Gasteiger partial charge on any atom is -0.497 e. The van der Waals surface area contributed by atoms with Gasteiger partial charge in [-0.3, -0.25) is 4.79 Å². The molecule has 3 nitrogen and oxygen atoms in total. The molecule has 0 fully saturated rings. The molecule has 2 rings (SSSR count). The molecule has 0 aliphatic heterocycles. The third kappa shape index (κ3) is 3.60. The zero-order valence-corrected chi connectivity index (χ0v) is 11.8. The van der Waals surface area contributed by atoms with Gasteiger partial charge < -0.3 is 9.47 Å². The van der Waals surface area contributed by atoms with Gasteiger partial charge in [0.05, 0.1) is 7.11 Å². The zero-order valence-electron chi connectivity index (χ0n) is 11.8. The normalized spacial score (nSPS) is 10.1. The number of aryl methyl sites for hydroxylation is 1. The lowest BCUT2D eigenvalue weighted by molar-refractivity contribution is 0.0921. The number of benzene rings is 2. The Kier molecular flexibility index (Phi) is 4.77. The molecule has 2 aromatic rings. The molecule has 104 valence electrons. The van der Waals surface area contributed by atoms with Crippen molar-refractivity contribution in [3.05, 3.63) is 59.7 Å². The average molecular weight is 270 g/mol. The Morgan fingerprint density at radius 2 is 1.55 bits per heavy atom. The molecule has 0 aliphatic carbocycles. The highest BCUT2D eigenvalue weighted by Crippen LogP contribution is 2.14. The Morgan fingerprint density at radius 3 is 2.10 bits per heavy atom. The zero-order chi connectivity index (χ0) is 14.4. The van der Waals surface area contributed by atoms with Crippen LogP contribution in [0.2, 0.25) is 0 Å². The lowest BCUT2D eigenvalue weighted by Gasteiger charge is -2.07. The van der Waals surface area contributed by atoms with E-state index >= 15 is 0 Å². The fourth-order valence-electron chi connectivity index (χ4n) is 1.83. The molecule has 0 N–H and O–H groups in total. The van der Waals surface area contributed by atoms with Crippen molar-refractivity contribution in [2.75, 3.05) is 13.7 Å². The van der Waals surface area contributed by atoms with Crippen LogP contribution in [0.4, 0.5) is 0 Å². The molecule has 0 amide bonds. The van der Waals surface area contributed by atoms with Crippen molar-refractivity contribution in [2.24, 2.45) is 0 Å². The Bertz CT molecular complexity index is 556. The first kappa shape index (κ1) is 14.1. The standard InChI is InChI=1S/C17H18O3/c1-3-13-4-8-16(9-5-13)20-12-17(18)14-6-10-15(19-2)11-7-14/h4-11H,3,12H2,1-2H3. The summed E-state index contributed by atoms with van der Waals surface area (Å²) in [6, 6.07) is 14.8. The maximum atomic E-state index is 12.0. The van der Waals surface area contributed by atoms with E-state index in [9.17, 15) is 4.79 Å². The van der Waals surface area contributed by atoms with Crippen LogP contribution in [0.15, 0.2) is 48.5 Å². The number of hydrogen-bond acceptors (Lipinski definition) is 3. The number of carbonyl (C=O) groups is 1. The van der Waals surface area contributed by atoms with Crippen LogP contribution in [0, 0.1) is 0 Å². The van der Waals surface area contributed by atoms with Gasteiger partial charge in [0, 0.05) is 5.56 Å². The summed E-state index contributed by atoms with van der Waals surface area (Å²) in [4.78, 5) is 12.0. The first-order valence-electron chi connectivity index (χ1n) is 6.62. The van der Waals surface area contributed by atoms with Crippen molar-refractivity contribution in [2.45, 2.75) is 13.3 Å². The fraction of sp³-hybridized carbons (Fsp3) is 0.235. The van der Waals surface area contributed by atoms with Gasteiger partial charge in [0.15, 0.2) is 12.4 Å². The van der Waals surface area contributed by atoms with E-state index < -0.39 is 0 Å². The summed E-state index contributed by atoms with van der Waals surface area (Å²) >= 11 is 0.